The first-order valence-corrected chi connectivity index (χ1v) is 7.77. The average Bonchev–Trinajstić information content (AvgIpc) is 2.95. The van der Waals surface area contributed by atoms with Gasteiger partial charge in [-0.15, -0.1) is 0 Å². The summed E-state index contributed by atoms with van der Waals surface area (Å²) in [5.41, 5.74) is 7.66. The normalized spacial score (nSPS) is 15.1. The molecular weight excluding hydrogens is 296 g/mol. The quantitative estimate of drug-likeness (QED) is 0.582. The fourth-order valence-corrected chi connectivity index (χ4v) is 2.50. The number of aliphatic carboxylic acids is 1. The summed E-state index contributed by atoms with van der Waals surface area (Å²) >= 11 is 0. The van der Waals surface area contributed by atoms with Crippen LogP contribution in [0, 0.1) is 5.92 Å². The lowest BCUT2D eigenvalue weighted by Crippen LogP contribution is -2.51. The molecule has 124 valence electrons. The van der Waals surface area contributed by atoms with E-state index in [1.165, 1.54) is 0 Å². The lowest BCUT2D eigenvalue weighted by molar-refractivity contribution is -0.142. The van der Waals surface area contributed by atoms with Crippen molar-refractivity contribution in [2.75, 3.05) is 0 Å². The fraction of sp³-hybridized carbons (Fsp3) is 0.412. The number of benzene rings is 1. The predicted molar refractivity (Wildman–Crippen MR) is 89.0 cm³/mol. The molecule has 6 heteroatoms. The molecule has 0 unspecified atom stereocenters. The van der Waals surface area contributed by atoms with Crippen LogP contribution >= 0.6 is 0 Å². The van der Waals surface area contributed by atoms with Crippen molar-refractivity contribution in [2.24, 2.45) is 11.7 Å². The van der Waals surface area contributed by atoms with Gasteiger partial charge in [0.15, 0.2) is 0 Å². The number of carbonyl (C=O) groups excluding carboxylic acids is 1. The molecule has 0 saturated heterocycles. The second-order valence-electron chi connectivity index (χ2n) is 5.87. The third kappa shape index (κ3) is 3.90. The highest BCUT2D eigenvalue weighted by Crippen LogP contribution is 2.19. The zero-order chi connectivity index (χ0) is 17.0. The Morgan fingerprint density at radius 2 is 2.04 bits per heavy atom. The van der Waals surface area contributed by atoms with Crippen molar-refractivity contribution >= 4 is 22.8 Å². The molecule has 0 aliphatic rings. The van der Waals surface area contributed by atoms with Gasteiger partial charge in [0.1, 0.15) is 6.04 Å². The lowest BCUT2D eigenvalue weighted by Gasteiger charge is -2.21. The summed E-state index contributed by atoms with van der Waals surface area (Å²) < 4.78 is 0. The molecule has 0 bridgehead atoms. The van der Waals surface area contributed by atoms with Crippen molar-refractivity contribution < 1.29 is 14.7 Å². The van der Waals surface area contributed by atoms with Crippen LogP contribution in [0.2, 0.25) is 0 Å². The maximum atomic E-state index is 12.1. The van der Waals surface area contributed by atoms with E-state index in [1.54, 1.807) is 6.20 Å². The highest BCUT2D eigenvalue weighted by atomic mass is 16.5. The monoisotopic (exact) mass is 319 g/mol. The van der Waals surface area contributed by atoms with Gasteiger partial charge < -0.3 is 21.1 Å². The van der Waals surface area contributed by atoms with E-state index in [4.69, 9.17) is 5.73 Å². The molecule has 1 aromatic carbocycles. The number of hydrogen-bond acceptors (Lipinski definition) is 3. The van der Waals surface area contributed by atoms with Crippen LogP contribution in [0.5, 0.6) is 0 Å². The van der Waals surface area contributed by atoms with Gasteiger partial charge in [0.25, 0.3) is 0 Å². The molecule has 5 N–H and O–H groups in total. The van der Waals surface area contributed by atoms with Crippen LogP contribution in [0.25, 0.3) is 10.9 Å². The molecule has 1 heterocycles. The molecule has 0 radical (unpaired) electrons. The minimum absolute atomic E-state index is 0.00228. The Labute approximate surface area is 135 Å². The van der Waals surface area contributed by atoms with Crippen LogP contribution in [0.4, 0.5) is 0 Å². The first kappa shape index (κ1) is 17.0. The molecule has 0 spiro atoms. The Morgan fingerprint density at radius 3 is 2.70 bits per heavy atom. The molecule has 1 aromatic heterocycles. The summed E-state index contributed by atoms with van der Waals surface area (Å²) in [6, 6.07) is 5.94. The molecular formula is C17H23N3O3. The van der Waals surface area contributed by atoms with E-state index in [0.717, 1.165) is 22.9 Å². The number of carbonyl (C=O) groups is 2. The number of fused-ring (bicyclic) bond motifs is 1. The third-order valence-corrected chi connectivity index (χ3v) is 4.27. The van der Waals surface area contributed by atoms with Crippen molar-refractivity contribution in [1.29, 1.82) is 0 Å². The van der Waals surface area contributed by atoms with Gasteiger partial charge in [-0.25, -0.2) is 4.79 Å². The van der Waals surface area contributed by atoms with Gasteiger partial charge in [-0.3, -0.25) is 4.79 Å². The Morgan fingerprint density at radius 1 is 1.35 bits per heavy atom. The summed E-state index contributed by atoms with van der Waals surface area (Å²) in [5, 5.41) is 12.9. The maximum Gasteiger partial charge on any atom is 0.326 e. The van der Waals surface area contributed by atoms with E-state index < -0.39 is 24.0 Å². The minimum atomic E-state index is -1.07. The van der Waals surface area contributed by atoms with Crippen molar-refractivity contribution in [3.63, 3.8) is 0 Å². The summed E-state index contributed by atoms with van der Waals surface area (Å²) in [4.78, 5) is 26.7. The SMILES string of the molecule is CC[C@H](C)[C@H](N)[13C](=O)N[C@@H](Cc1c[nH]c2ccccc12)[13C](=O)O. The van der Waals surface area contributed by atoms with Crippen LogP contribution in [0.3, 0.4) is 0 Å². The van der Waals surface area contributed by atoms with E-state index in [0.29, 0.717) is 0 Å². The second-order valence-corrected chi connectivity index (χ2v) is 5.87. The number of carboxylic acids is 1. The van der Waals surface area contributed by atoms with Crippen LogP contribution < -0.4 is 11.1 Å². The molecule has 0 aliphatic heterocycles. The Bertz CT molecular complexity index is 695. The first-order valence-electron chi connectivity index (χ1n) is 7.77. The standard InChI is InChI=1S/C17H23N3O3/c1-3-10(2)15(18)16(21)20-14(17(22)23)8-11-9-19-13-7-5-4-6-12(11)13/h4-7,9-10,14-15,19H,3,8,18H2,1-2H3,(H,20,21)(H,22,23)/t10-,14-,15-/m0/s1/i16+1,17+1. The highest BCUT2D eigenvalue weighted by molar-refractivity contribution is 5.88. The van der Waals surface area contributed by atoms with Crippen LogP contribution in [-0.4, -0.2) is 34.1 Å². The minimum Gasteiger partial charge on any atom is -0.480 e. The van der Waals surface area contributed by atoms with Crippen LogP contribution in [0.15, 0.2) is 30.5 Å². The van der Waals surface area contributed by atoms with E-state index in [1.807, 2.05) is 38.1 Å². The summed E-state index contributed by atoms with van der Waals surface area (Å²) in [6.07, 6.45) is 2.74. The van der Waals surface area contributed by atoms with Gasteiger partial charge in [-0.05, 0) is 17.5 Å². The van der Waals surface area contributed by atoms with Crippen LogP contribution in [-0.2, 0) is 16.0 Å². The number of nitrogens with two attached hydrogens (primary N) is 1. The molecule has 23 heavy (non-hydrogen) atoms. The number of carboxylic acid groups (broad SMARTS) is 1. The zero-order valence-corrected chi connectivity index (χ0v) is 13.4. The summed E-state index contributed by atoms with van der Waals surface area (Å²) in [7, 11) is 0. The number of amides is 1. The number of para-hydroxylation sites is 1. The molecule has 0 fully saturated rings. The van der Waals surface area contributed by atoms with Crippen LogP contribution in [0.1, 0.15) is 25.8 Å². The number of aromatic amines is 1. The maximum absolute atomic E-state index is 12.1. The van der Waals surface area contributed by atoms with Gasteiger partial charge in [0.05, 0.1) is 6.04 Å². The number of aromatic nitrogens is 1. The molecule has 2 rings (SSSR count). The van der Waals surface area contributed by atoms with Crippen molar-refractivity contribution in [1.82, 2.24) is 10.3 Å². The molecule has 3 atom stereocenters. The van der Waals surface area contributed by atoms with Gasteiger partial charge in [-0.1, -0.05) is 38.5 Å². The fourth-order valence-electron chi connectivity index (χ4n) is 2.50. The van der Waals surface area contributed by atoms with E-state index in [2.05, 4.69) is 10.3 Å². The lowest BCUT2D eigenvalue weighted by atomic mass is 10.0. The topological polar surface area (TPSA) is 108 Å². The molecule has 0 saturated carbocycles. The number of H-pyrrole nitrogens is 1. The van der Waals surface area contributed by atoms with Crippen molar-refractivity contribution in [2.45, 2.75) is 38.8 Å². The number of hydrogen-bond donors (Lipinski definition) is 4. The first-order chi connectivity index (χ1) is 10.9. The second kappa shape index (κ2) is 7.28. The largest absolute Gasteiger partial charge is 0.480 e. The molecule has 2 aromatic rings. The zero-order valence-electron chi connectivity index (χ0n) is 13.4. The molecule has 0 aliphatic carbocycles. The van der Waals surface area contributed by atoms with Gasteiger partial charge in [0.2, 0.25) is 5.91 Å². The summed E-state index contributed by atoms with van der Waals surface area (Å²) in [5.74, 6) is -1.50. The third-order valence-electron chi connectivity index (χ3n) is 4.27. The average molecular weight is 319 g/mol. The number of nitrogens with one attached hydrogen (secondary N) is 2. The van der Waals surface area contributed by atoms with E-state index in [-0.39, 0.29) is 12.3 Å². The highest BCUT2D eigenvalue weighted by Gasteiger charge is 2.26. The Balaban J connectivity index is 2.13. The van der Waals surface area contributed by atoms with Crippen molar-refractivity contribution in [3.8, 4) is 0 Å². The van der Waals surface area contributed by atoms with Gasteiger partial charge in [-0.2, -0.15) is 0 Å². The van der Waals surface area contributed by atoms with Crippen molar-refractivity contribution in [3.05, 3.63) is 36.0 Å². The van der Waals surface area contributed by atoms with Gasteiger partial charge >= 0.3 is 5.97 Å². The predicted octanol–water partition coefficient (Wildman–Crippen LogP) is 1.65. The Hall–Kier alpha value is -2.34. The molecule has 6 nitrogen and oxygen atoms in total. The smallest absolute Gasteiger partial charge is 0.326 e. The molecule has 1 amide bonds. The summed E-state index contributed by atoms with van der Waals surface area (Å²) in [6.45, 7) is 3.82. The Kier molecular flexibility index (Phi) is 5.39. The van der Waals surface area contributed by atoms with E-state index in [9.17, 15) is 14.7 Å². The van der Waals surface area contributed by atoms with Gasteiger partial charge in [0, 0.05) is 23.5 Å². The van der Waals surface area contributed by atoms with E-state index >= 15 is 0 Å². The number of rotatable bonds is 7.